The van der Waals surface area contributed by atoms with Crippen molar-refractivity contribution in [1.29, 1.82) is 0 Å². The van der Waals surface area contributed by atoms with Gasteiger partial charge in [-0.05, 0) is 55.3 Å². The van der Waals surface area contributed by atoms with Crippen molar-refractivity contribution in [2.75, 3.05) is 41.0 Å². The second kappa shape index (κ2) is 15.8. The van der Waals surface area contributed by atoms with E-state index in [0.29, 0.717) is 34.2 Å². The van der Waals surface area contributed by atoms with Gasteiger partial charge in [-0.3, -0.25) is 14.9 Å². The first-order chi connectivity index (χ1) is 24.1. The number of nitrogens with zero attached hydrogens (tertiary/aromatic N) is 1. The van der Waals surface area contributed by atoms with E-state index < -0.39 is 22.8 Å². The maximum Gasteiger partial charge on any atom is 0.336 e. The molecule has 0 amide bonds. The van der Waals surface area contributed by atoms with E-state index in [9.17, 15) is 24.5 Å². The van der Waals surface area contributed by atoms with Gasteiger partial charge in [-0.25, -0.2) is 9.59 Å². The third kappa shape index (κ3) is 7.93. The number of nitrogens with one attached hydrogen (secondary N) is 1. The van der Waals surface area contributed by atoms with Crippen LogP contribution in [0.3, 0.4) is 0 Å². The van der Waals surface area contributed by atoms with Crippen LogP contribution in [0.15, 0.2) is 89.3 Å². The molecule has 0 aliphatic carbocycles. The number of nitro benzene ring substituents is 1. The molecule has 3 aromatic carbocycles. The molecule has 1 N–H and O–H groups in total. The Morgan fingerprint density at radius 3 is 2.42 bits per heavy atom. The molecule has 2 aliphatic heterocycles. The second-order valence-electron chi connectivity index (χ2n) is 11.0. The van der Waals surface area contributed by atoms with Crippen LogP contribution in [0.25, 0.3) is 6.08 Å². The number of nitro groups is 1. The van der Waals surface area contributed by atoms with E-state index in [1.807, 2.05) is 0 Å². The zero-order valence-corrected chi connectivity index (χ0v) is 27.7. The number of non-ortho nitro benzene ring substituents is 1. The smallest absolute Gasteiger partial charge is 0.336 e. The number of hydrogen-bond acceptors (Lipinski definition) is 13. The van der Waals surface area contributed by atoms with Crippen LogP contribution < -0.4 is 24.3 Å². The van der Waals surface area contributed by atoms with Gasteiger partial charge in [-0.1, -0.05) is 24.3 Å². The molecule has 0 saturated heterocycles. The molecule has 0 radical (unpaired) electrons. The molecule has 3 aromatic rings. The molecule has 1 atom stereocenters. The Kier molecular flexibility index (Phi) is 11.1. The van der Waals surface area contributed by atoms with E-state index in [4.69, 9.17) is 33.2 Å². The lowest BCUT2D eigenvalue weighted by Gasteiger charge is -2.30. The van der Waals surface area contributed by atoms with Crippen LogP contribution in [0.5, 0.6) is 23.0 Å². The van der Waals surface area contributed by atoms with E-state index in [2.05, 4.69) is 5.32 Å². The lowest BCUT2D eigenvalue weighted by atomic mass is 9.80. The monoisotopic (exact) mass is 686 g/mol. The molecular weight excluding hydrogens is 652 g/mol. The van der Waals surface area contributed by atoms with Crippen LogP contribution in [0.2, 0.25) is 0 Å². The number of rotatable bonds is 14. The largest absolute Gasteiger partial charge is 0.489 e. The molecule has 14 nitrogen and oxygen atoms in total. The van der Waals surface area contributed by atoms with Crippen molar-refractivity contribution in [2.45, 2.75) is 19.8 Å². The SMILES string of the molecule is COCOc1ccc(C(=O)/C=C/c2ccc3c(c2)OCO3)c(OCCOC(=O)C2=C(C)NC(C)=C(C(=O)OC)C2c2cccc([N+](=O)[O-])c2)c1. The number of ether oxygens (including phenoxy) is 7. The quantitative estimate of drug-likeness (QED) is 0.0445. The maximum atomic E-state index is 13.6. The predicted molar refractivity (Wildman–Crippen MR) is 178 cm³/mol. The number of hydrogen-bond donors (Lipinski definition) is 1. The van der Waals surface area contributed by atoms with Crippen LogP contribution in [0.1, 0.15) is 41.3 Å². The predicted octanol–water partition coefficient (Wildman–Crippen LogP) is 5.23. The summed E-state index contributed by atoms with van der Waals surface area (Å²) in [6.07, 6.45) is 3.03. The maximum absolute atomic E-state index is 13.6. The van der Waals surface area contributed by atoms with Crippen molar-refractivity contribution >= 4 is 29.5 Å². The molecule has 0 saturated carbocycles. The zero-order chi connectivity index (χ0) is 35.8. The van der Waals surface area contributed by atoms with Crippen LogP contribution >= 0.6 is 0 Å². The summed E-state index contributed by atoms with van der Waals surface area (Å²) < 4.78 is 37.8. The van der Waals surface area contributed by atoms with Crippen LogP contribution in [-0.2, 0) is 23.8 Å². The fraction of sp³-hybridized carbons (Fsp3) is 0.250. The van der Waals surface area contributed by atoms with Gasteiger partial charge in [-0.15, -0.1) is 0 Å². The number of dihydropyridines is 1. The summed E-state index contributed by atoms with van der Waals surface area (Å²) in [7, 11) is 2.67. The molecule has 5 rings (SSSR count). The van der Waals surface area contributed by atoms with E-state index in [1.54, 1.807) is 56.3 Å². The summed E-state index contributed by atoms with van der Waals surface area (Å²) in [6.45, 7) is 2.96. The van der Waals surface area contributed by atoms with Crippen molar-refractivity contribution in [2.24, 2.45) is 0 Å². The number of esters is 2. The van der Waals surface area contributed by atoms with Gasteiger partial charge < -0.3 is 38.5 Å². The highest BCUT2D eigenvalue weighted by atomic mass is 16.7. The van der Waals surface area contributed by atoms with E-state index in [0.717, 1.165) is 5.56 Å². The highest BCUT2D eigenvalue weighted by Crippen LogP contribution is 2.40. The number of carbonyl (C=O) groups excluding carboxylic acids is 3. The fourth-order valence-corrected chi connectivity index (χ4v) is 5.48. The summed E-state index contributed by atoms with van der Waals surface area (Å²) in [5, 5.41) is 14.6. The summed E-state index contributed by atoms with van der Waals surface area (Å²) >= 11 is 0. The standard InChI is InChI=1S/C36H34N2O12/c1-21-32(35(40)45-4)34(24-6-5-7-25(17-24)38(42)43)33(22(2)37-21)36(41)47-15-14-46-30-18-26(48-19-44-3)10-11-27(30)28(39)12-8-23-9-13-29-31(16-23)50-20-49-29/h5-13,16-18,34,37H,14-15,19-20H2,1-4H3/b12-8+. The third-order valence-electron chi connectivity index (χ3n) is 7.76. The molecule has 260 valence electrons. The number of ketones is 1. The molecule has 0 spiro atoms. The molecule has 0 bridgehead atoms. The minimum Gasteiger partial charge on any atom is -0.489 e. The first-order valence-electron chi connectivity index (χ1n) is 15.3. The molecule has 0 fully saturated rings. The minimum atomic E-state index is -1.02. The van der Waals surface area contributed by atoms with Crippen LogP contribution in [-0.4, -0.2) is 63.7 Å². The second-order valence-corrected chi connectivity index (χ2v) is 11.0. The van der Waals surface area contributed by atoms with Crippen molar-refractivity contribution in [3.63, 3.8) is 0 Å². The number of benzene rings is 3. The van der Waals surface area contributed by atoms with Crippen molar-refractivity contribution in [3.05, 3.63) is 116 Å². The summed E-state index contributed by atoms with van der Waals surface area (Å²) in [5.74, 6) is -1.13. The normalized spacial score (nSPS) is 15.1. The Hall–Kier alpha value is -6.15. The van der Waals surface area contributed by atoms with Crippen molar-refractivity contribution < 1.29 is 52.5 Å². The van der Waals surface area contributed by atoms with Crippen molar-refractivity contribution in [1.82, 2.24) is 5.32 Å². The molecule has 1 unspecified atom stereocenters. The molecule has 14 heteroatoms. The average molecular weight is 687 g/mol. The molecular formula is C36H34N2O12. The third-order valence-corrected chi connectivity index (χ3v) is 7.76. The van der Waals surface area contributed by atoms with Gasteiger partial charge >= 0.3 is 11.9 Å². The van der Waals surface area contributed by atoms with Gasteiger partial charge in [0.05, 0.1) is 34.7 Å². The zero-order valence-electron chi connectivity index (χ0n) is 27.7. The lowest BCUT2D eigenvalue weighted by molar-refractivity contribution is -0.384. The van der Waals surface area contributed by atoms with Crippen LogP contribution in [0, 0.1) is 10.1 Å². The van der Waals surface area contributed by atoms with Gasteiger partial charge in [0.1, 0.15) is 24.7 Å². The Morgan fingerprint density at radius 2 is 1.68 bits per heavy atom. The Balaban J connectivity index is 1.33. The highest BCUT2D eigenvalue weighted by Gasteiger charge is 2.38. The number of methoxy groups -OCH3 is 2. The molecule has 2 heterocycles. The van der Waals surface area contributed by atoms with E-state index in [1.165, 1.54) is 44.6 Å². The Bertz CT molecular complexity index is 1910. The highest BCUT2D eigenvalue weighted by molar-refractivity contribution is 6.08. The molecule has 50 heavy (non-hydrogen) atoms. The van der Waals surface area contributed by atoms with Gasteiger partial charge in [-0.2, -0.15) is 0 Å². The Morgan fingerprint density at radius 1 is 0.920 bits per heavy atom. The minimum absolute atomic E-state index is 0.0376. The number of carbonyl (C=O) groups is 3. The van der Waals surface area contributed by atoms with Crippen molar-refractivity contribution in [3.8, 4) is 23.0 Å². The van der Waals surface area contributed by atoms with Gasteiger partial charge in [0.15, 0.2) is 24.1 Å². The first kappa shape index (κ1) is 35.2. The summed E-state index contributed by atoms with van der Waals surface area (Å²) in [4.78, 5) is 50.8. The molecule has 2 aliphatic rings. The summed E-state index contributed by atoms with van der Waals surface area (Å²) in [6, 6.07) is 15.6. The lowest BCUT2D eigenvalue weighted by Crippen LogP contribution is -2.32. The van der Waals surface area contributed by atoms with Crippen LogP contribution in [0.4, 0.5) is 5.69 Å². The first-order valence-corrected chi connectivity index (χ1v) is 15.3. The van der Waals surface area contributed by atoms with Gasteiger partial charge in [0.2, 0.25) is 6.79 Å². The Labute approximate surface area is 287 Å². The van der Waals surface area contributed by atoms with Gasteiger partial charge in [0.25, 0.3) is 5.69 Å². The van der Waals surface area contributed by atoms with Gasteiger partial charge in [0, 0.05) is 36.7 Å². The fourth-order valence-electron chi connectivity index (χ4n) is 5.48. The molecule has 0 aromatic heterocycles. The average Bonchev–Trinajstić information content (AvgIpc) is 3.59. The number of fused-ring (bicyclic) bond motifs is 1. The van der Waals surface area contributed by atoms with E-state index >= 15 is 0 Å². The van der Waals surface area contributed by atoms with E-state index in [-0.39, 0.29) is 60.7 Å². The summed E-state index contributed by atoms with van der Waals surface area (Å²) in [5.41, 5.74) is 2.04. The topological polar surface area (TPSA) is 171 Å². The number of allylic oxidation sites excluding steroid dienone is 3.